The van der Waals surface area contributed by atoms with Gasteiger partial charge in [-0.15, -0.1) is 0 Å². The zero-order valence-electron chi connectivity index (χ0n) is 16.4. The molecule has 0 aliphatic rings. The summed E-state index contributed by atoms with van der Waals surface area (Å²) in [7, 11) is 1.56. The molecule has 0 radical (unpaired) electrons. The number of benzene rings is 2. The lowest BCUT2D eigenvalue weighted by Gasteiger charge is -2.12. The smallest absolute Gasteiger partial charge is 0.271 e. The fraction of sp³-hybridized carbons (Fsp3) is 0.286. The highest BCUT2D eigenvalue weighted by Crippen LogP contribution is 2.29. The van der Waals surface area contributed by atoms with E-state index in [-0.39, 0.29) is 11.6 Å². The van der Waals surface area contributed by atoms with Gasteiger partial charge in [0.1, 0.15) is 0 Å². The number of nitro groups is 1. The van der Waals surface area contributed by atoms with Crippen molar-refractivity contribution in [3.63, 3.8) is 0 Å². The molecule has 7 nitrogen and oxygen atoms in total. The second-order valence-corrected chi connectivity index (χ2v) is 6.69. The summed E-state index contributed by atoms with van der Waals surface area (Å²) in [5.74, 6) is 1.23. The first-order valence-corrected chi connectivity index (χ1v) is 8.85. The maximum absolute atomic E-state index is 12.2. The van der Waals surface area contributed by atoms with E-state index in [9.17, 15) is 14.9 Å². The molecule has 0 fully saturated rings. The molecule has 0 spiro atoms. The van der Waals surface area contributed by atoms with E-state index < -0.39 is 4.92 Å². The van der Waals surface area contributed by atoms with Crippen molar-refractivity contribution in [3.8, 4) is 11.5 Å². The van der Waals surface area contributed by atoms with Gasteiger partial charge in [0.15, 0.2) is 11.5 Å². The van der Waals surface area contributed by atoms with E-state index in [1.54, 1.807) is 38.3 Å². The van der Waals surface area contributed by atoms with Gasteiger partial charge < -0.3 is 14.8 Å². The number of aryl methyl sites for hydroxylation is 1. The molecule has 0 atom stereocenters. The van der Waals surface area contributed by atoms with E-state index >= 15 is 0 Å². The first-order chi connectivity index (χ1) is 13.3. The van der Waals surface area contributed by atoms with E-state index in [0.29, 0.717) is 29.7 Å². The average Bonchev–Trinajstić information content (AvgIpc) is 2.66. The predicted molar refractivity (Wildman–Crippen MR) is 109 cm³/mol. The van der Waals surface area contributed by atoms with E-state index in [0.717, 1.165) is 11.1 Å². The Kier molecular flexibility index (Phi) is 7.14. The first-order valence-electron chi connectivity index (χ1n) is 8.85. The maximum Gasteiger partial charge on any atom is 0.271 e. The lowest BCUT2D eigenvalue weighted by molar-refractivity contribution is -0.384. The molecule has 0 bridgehead atoms. The van der Waals surface area contributed by atoms with Gasteiger partial charge in [-0.3, -0.25) is 14.9 Å². The molecule has 0 aliphatic heterocycles. The fourth-order valence-electron chi connectivity index (χ4n) is 2.37. The standard InChI is InChI=1S/C21H24N2O5/c1-14(2)13-28-19-9-6-16(11-20(19)27-4)7-10-21(24)22-18-12-17(23(25)26)8-5-15(18)3/h5-12,14H,13H2,1-4H3,(H,22,24). The van der Waals surface area contributed by atoms with E-state index in [1.165, 1.54) is 18.2 Å². The zero-order chi connectivity index (χ0) is 20.7. The van der Waals surface area contributed by atoms with Gasteiger partial charge in [-0.1, -0.05) is 26.0 Å². The van der Waals surface area contributed by atoms with Crippen LogP contribution in [0.5, 0.6) is 11.5 Å². The van der Waals surface area contributed by atoms with Crippen molar-refractivity contribution in [2.75, 3.05) is 19.0 Å². The van der Waals surface area contributed by atoms with Crippen molar-refractivity contribution in [2.24, 2.45) is 5.92 Å². The van der Waals surface area contributed by atoms with Crippen molar-refractivity contribution < 1.29 is 19.2 Å². The molecule has 0 saturated heterocycles. The molecule has 28 heavy (non-hydrogen) atoms. The largest absolute Gasteiger partial charge is 0.493 e. The van der Waals surface area contributed by atoms with Crippen LogP contribution >= 0.6 is 0 Å². The molecule has 0 saturated carbocycles. The number of carbonyl (C=O) groups is 1. The fourth-order valence-corrected chi connectivity index (χ4v) is 2.37. The summed E-state index contributed by atoms with van der Waals surface area (Å²) in [6.45, 7) is 6.47. The van der Waals surface area contributed by atoms with Gasteiger partial charge in [0.2, 0.25) is 5.91 Å². The Labute approximate surface area is 164 Å². The minimum Gasteiger partial charge on any atom is -0.493 e. The number of nitrogens with one attached hydrogen (secondary N) is 1. The van der Waals surface area contributed by atoms with Gasteiger partial charge >= 0.3 is 0 Å². The van der Waals surface area contributed by atoms with Crippen LogP contribution in [0, 0.1) is 23.0 Å². The van der Waals surface area contributed by atoms with Gasteiger partial charge in [-0.05, 0) is 42.2 Å². The minimum atomic E-state index is -0.500. The number of carbonyl (C=O) groups excluding carboxylic acids is 1. The maximum atomic E-state index is 12.2. The Morgan fingerprint density at radius 3 is 2.61 bits per heavy atom. The molecule has 2 aromatic rings. The Hall–Kier alpha value is -3.35. The molecule has 148 valence electrons. The molecular weight excluding hydrogens is 360 g/mol. The number of nitro benzene ring substituents is 1. The number of amides is 1. The number of methoxy groups -OCH3 is 1. The molecule has 7 heteroatoms. The lowest BCUT2D eigenvalue weighted by Crippen LogP contribution is -2.09. The average molecular weight is 384 g/mol. The molecule has 0 aromatic heterocycles. The van der Waals surface area contributed by atoms with Crippen LogP contribution in [-0.4, -0.2) is 24.5 Å². The topological polar surface area (TPSA) is 90.7 Å². The first kappa shape index (κ1) is 21.0. The summed E-state index contributed by atoms with van der Waals surface area (Å²) in [4.78, 5) is 22.6. The van der Waals surface area contributed by atoms with E-state index in [4.69, 9.17) is 9.47 Å². The van der Waals surface area contributed by atoms with Gasteiger partial charge in [0, 0.05) is 18.2 Å². The van der Waals surface area contributed by atoms with Gasteiger partial charge in [-0.25, -0.2) is 0 Å². The van der Waals surface area contributed by atoms with Gasteiger partial charge in [0.25, 0.3) is 5.69 Å². The minimum absolute atomic E-state index is 0.0772. The quantitative estimate of drug-likeness (QED) is 0.408. The molecule has 1 amide bonds. The van der Waals surface area contributed by atoms with Crippen molar-refractivity contribution in [2.45, 2.75) is 20.8 Å². The molecule has 0 heterocycles. The van der Waals surface area contributed by atoms with Gasteiger partial charge in [-0.2, -0.15) is 0 Å². The van der Waals surface area contributed by atoms with Crippen LogP contribution < -0.4 is 14.8 Å². The van der Waals surface area contributed by atoms with Crippen LogP contribution in [0.1, 0.15) is 25.0 Å². The van der Waals surface area contributed by atoms with Crippen LogP contribution in [-0.2, 0) is 4.79 Å². The molecular formula is C21H24N2O5. The van der Waals surface area contributed by atoms with Crippen molar-refractivity contribution in [1.29, 1.82) is 0 Å². The second-order valence-electron chi connectivity index (χ2n) is 6.69. The number of nitrogens with zero attached hydrogens (tertiary/aromatic N) is 1. The number of rotatable bonds is 8. The summed E-state index contributed by atoms with van der Waals surface area (Å²) in [6, 6.07) is 9.72. The highest BCUT2D eigenvalue weighted by Gasteiger charge is 2.10. The Morgan fingerprint density at radius 1 is 1.21 bits per heavy atom. The van der Waals surface area contributed by atoms with Crippen LogP contribution in [0.15, 0.2) is 42.5 Å². The number of hydrogen-bond acceptors (Lipinski definition) is 5. The van der Waals surface area contributed by atoms with Crippen LogP contribution in [0.2, 0.25) is 0 Å². The van der Waals surface area contributed by atoms with Crippen LogP contribution in [0.4, 0.5) is 11.4 Å². The van der Waals surface area contributed by atoms with Crippen molar-refractivity contribution in [1.82, 2.24) is 0 Å². The Balaban J connectivity index is 2.10. The number of ether oxygens (including phenoxy) is 2. The van der Waals surface area contributed by atoms with Crippen LogP contribution in [0.3, 0.4) is 0 Å². The lowest BCUT2D eigenvalue weighted by atomic mass is 10.1. The Bertz CT molecular complexity index is 890. The number of non-ortho nitro benzene ring substituents is 1. The third kappa shape index (κ3) is 5.84. The zero-order valence-corrected chi connectivity index (χ0v) is 16.4. The van der Waals surface area contributed by atoms with E-state index in [1.807, 2.05) is 6.07 Å². The molecule has 1 N–H and O–H groups in total. The van der Waals surface area contributed by atoms with E-state index in [2.05, 4.69) is 19.2 Å². The summed E-state index contributed by atoms with van der Waals surface area (Å²) in [5.41, 5.74) is 1.82. The molecule has 2 aromatic carbocycles. The molecule has 2 rings (SSSR count). The SMILES string of the molecule is COc1cc(C=CC(=O)Nc2cc([N+](=O)[O-])ccc2C)ccc1OCC(C)C. The highest BCUT2D eigenvalue weighted by atomic mass is 16.6. The molecule has 0 aliphatic carbocycles. The summed E-state index contributed by atoms with van der Waals surface area (Å²) >= 11 is 0. The van der Waals surface area contributed by atoms with Crippen LogP contribution in [0.25, 0.3) is 6.08 Å². The summed E-state index contributed by atoms with van der Waals surface area (Å²) in [6.07, 6.45) is 3.00. The highest BCUT2D eigenvalue weighted by molar-refractivity contribution is 6.02. The third-order valence-corrected chi connectivity index (χ3v) is 3.88. The molecule has 0 unspecified atom stereocenters. The van der Waals surface area contributed by atoms with Crippen molar-refractivity contribution in [3.05, 3.63) is 63.7 Å². The summed E-state index contributed by atoms with van der Waals surface area (Å²) in [5, 5.41) is 13.6. The predicted octanol–water partition coefficient (Wildman–Crippen LogP) is 4.60. The van der Waals surface area contributed by atoms with Crippen molar-refractivity contribution >= 4 is 23.4 Å². The number of anilines is 1. The number of hydrogen-bond donors (Lipinski definition) is 1. The Morgan fingerprint density at radius 2 is 1.96 bits per heavy atom. The monoisotopic (exact) mass is 384 g/mol. The second kappa shape index (κ2) is 9.55. The van der Waals surface area contributed by atoms with Gasteiger partial charge in [0.05, 0.1) is 24.3 Å². The normalized spacial score (nSPS) is 10.9. The third-order valence-electron chi connectivity index (χ3n) is 3.88. The summed E-state index contributed by atoms with van der Waals surface area (Å²) < 4.78 is 11.1.